The normalized spacial score (nSPS) is 11.6. The Morgan fingerprint density at radius 1 is 0.938 bits per heavy atom. The molecule has 0 aliphatic rings. The number of hydrogen-bond donors (Lipinski definition) is 3. The first kappa shape index (κ1) is 24.7. The van der Waals surface area contributed by atoms with Gasteiger partial charge < -0.3 is 19.8 Å². The molecule has 0 aliphatic carbocycles. The quantitative estimate of drug-likeness (QED) is 0.202. The number of hydrogen-bond acceptors (Lipinski definition) is 4. The van der Waals surface area contributed by atoms with Crippen molar-refractivity contribution in [1.29, 1.82) is 0 Å². The van der Waals surface area contributed by atoms with Crippen LogP contribution in [0.1, 0.15) is 36.8 Å². The molecular weight excluding hydrogens is 441 g/mol. The highest BCUT2D eigenvalue weighted by Crippen LogP contribution is 2.35. The van der Waals surface area contributed by atoms with Crippen molar-refractivity contribution in [2.75, 3.05) is 19.3 Å². The van der Waals surface area contributed by atoms with E-state index in [4.69, 9.17) is 14.5 Å². The monoisotopic (exact) mass is 473 g/mol. The number of rotatable bonds is 14. The molecular formula is C25H32NO4PS. The molecule has 1 heterocycles. The molecule has 2 aromatic carbocycles. The summed E-state index contributed by atoms with van der Waals surface area (Å²) in [5.41, 5.74) is 4.75. The van der Waals surface area contributed by atoms with E-state index in [9.17, 15) is 4.57 Å². The molecule has 0 aliphatic heterocycles. The maximum absolute atomic E-state index is 10.9. The lowest BCUT2D eigenvalue weighted by Gasteiger charge is -2.13. The summed E-state index contributed by atoms with van der Waals surface area (Å²) in [4.78, 5) is 17.9. The number of benzene rings is 2. The van der Waals surface area contributed by atoms with Gasteiger partial charge >= 0.3 is 7.60 Å². The summed E-state index contributed by atoms with van der Waals surface area (Å²) in [5.74, 6) is 0.900. The predicted octanol–water partition coefficient (Wildman–Crippen LogP) is 5.86. The smallest absolute Gasteiger partial charge is 0.325 e. The minimum atomic E-state index is -3.91. The van der Waals surface area contributed by atoms with Crippen LogP contribution in [0.25, 0.3) is 11.1 Å². The SMILES string of the molecule is O=P(O)(O)CCCNCc1ccc(OCCCCCc2ccccc2)c(-c2ccsc2)c1. The molecule has 0 unspecified atom stereocenters. The Balaban J connectivity index is 1.47. The number of ether oxygens (including phenoxy) is 1. The summed E-state index contributed by atoms with van der Waals surface area (Å²) in [5, 5.41) is 7.45. The molecule has 3 N–H and O–H groups in total. The molecule has 1 aromatic heterocycles. The largest absolute Gasteiger partial charge is 0.493 e. The Labute approximate surface area is 194 Å². The van der Waals surface area contributed by atoms with Crippen LogP contribution in [0.5, 0.6) is 5.75 Å². The maximum Gasteiger partial charge on any atom is 0.325 e. The maximum atomic E-state index is 10.9. The van der Waals surface area contributed by atoms with Crippen LogP contribution in [0.4, 0.5) is 0 Å². The second-order valence-corrected chi connectivity index (χ2v) is 10.5. The average molecular weight is 474 g/mol. The summed E-state index contributed by atoms with van der Waals surface area (Å²) in [7, 11) is -3.91. The topological polar surface area (TPSA) is 78.8 Å². The molecule has 0 atom stereocenters. The van der Waals surface area contributed by atoms with Crippen molar-refractivity contribution in [2.24, 2.45) is 0 Å². The number of unbranched alkanes of at least 4 members (excludes halogenated alkanes) is 2. The summed E-state index contributed by atoms with van der Waals surface area (Å²) in [6.07, 6.45) is 4.80. The summed E-state index contributed by atoms with van der Waals surface area (Å²) in [6.45, 7) is 1.92. The molecule has 0 saturated heterocycles. The van der Waals surface area contributed by atoms with Gasteiger partial charge in [0.2, 0.25) is 0 Å². The van der Waals surface area contributed by atoms with Crippen LogP contribution >= 0.6 is 18.9 Å². The average Bonchev–Trinajstić information content (AvgIpc) is 3.31. The van der Waals surface area contributed by atoms with Crippen LogP contribution in [0.15, 0.2) is 65.4 Å². The highest BCUT2D eigenvalue weighted by Gasteiger charge is 2.12. The zero-order chi connectivity index (χ0) is 22.7. The first-order valence-electron chi connectivity index (χ1n) is 11.1. The fourth-order valence-electron chi connectivity index (χ4n) is 3.53. The van der Waals surface area contributed by atoms with E-state index >= 15 is 0 Å². The van der Waals surface area contributed by atoms with Gasteiger partial charge in [0, 0.05) is 12.1 Å². The molecule has 172 valence electrons. The van der Waals surface area contributed by atoms with Crippen LogP contribution in [0, 0.1) is 0 Å². The standard InChI is InChI=1S/C25H32NO4PS/c27-31(28,29)16-7-14-26-19-22-11-12-25(24(18-22)23-13-17-32-20-23)30-15-6-2-5-10-21-8-3-1-4-9-21/h1,3-4,8-9,11-13,17-18,20,26H,2,5-7,10,14-16,19H2,(H2,27,28,29). The third-order valence-electron chi connectivity index (χ3n) is 5.22. The lowest BCUT2D eigenvalue weighted by molar-refractivity contribution is 0.306. The number of nitrogens with one attached hydrogen (secondary N) is 1. The molecule has 32 heavy (non-hydrogen) atoms. The molecule has 3 aromatic rings. The fourth-order valence-corrected chi connectivity index (χ4v) is 4.76. The van der Waals surface area contributed by atoms with Crippen molar-refractivity contribution in [3.63, 3.8) is 0 Å². The van der Waals surface area contributed by atoms with Gasteiger partial charge in [-0.15, -0.1) is 0 Å². The van der Waals surface area contributed by atoms with Crippen LogP contribution in [-0.4, -0.2) is 29.1 Å². The van der Waals surface area contributed by atoms with E-state index in [0.29, 0.717) is 26.1 Å². The molecule has 7 heteroatoms. The van der Waals surface area contributed by atoms with E-state index in [1.54, 1.807) is 11.3 Å². The van der Waals surface area contributed by atoms with Gasteiger partial charge in [-0.05, 0) is 84.3 Å². The molecule has 5 nitrogen and oxygen atoms in total. The van der Waals surface area contributed by atoms with Gasteiger partial charge in [-0.25, -0.2) is 0 Å². The van der Waals surface area contributed by atoms with Gasteiger partial charge in [0.1, 0.15) is 5.75 Å². The molecule has 0 radical (unpaired) electrons. The van der Waals surface area contributed by atoms with Crippen molar-refractivity contribution in [3.05, 3.63) is 76.5 Å². The Hall–Kier alpha value is -1.95. The highest BCUT2D eigenvalue weighted by molar-refractivity contribution is 7.51. The van der Waals surface area contributed by atoms with Gasteiger partial charge in [0.15, 0.2) is 0 Å². The van der Waals surface area contributed by atoms with Crippen LogP contribution in [-0.2, 0) is 17.5 Å². The summed E-state index contributed by atoms with van der Waals surface area (Å²) in [6, 6.07) is 18.9. The summed E-state index contributed by atoms with van der Waals surface area (Å²) < 4.78 is 17.1. The molecule has 0 bridgehead atoms. The second-order valence-electron chi connectivity index (χ2n) is 7.91. The van der Waals surface area contributed by atoms with Gasteiger partial charge in [0.05, 0.1) is 12.8 Å². The molecule has 0 spiro atoms. The van der Waals surface area contributed by atoms with Crippen LogP contribution < -0.4 is 10.1 Å². The van der Waals surface area contributed by atoms with Crippen LogP contribution in [0.2, 0.25) is 0 Å². The third-order valence-corrected chi connectivity index (χ3v) is 6.80. The molecule has 0 amide bonds. The van der Waals surface area contributed by atoms with Crippen molar-refractivity contribution in [2.45, 2.75) is 38.6 Å². The van der Waals surface area contributed by atoms with Crippen molar-refractivity contribution >= 4 is 18.9 Å². The second kappa shape index (κ2) is 12.9. The van der Waals surface area contributed by atoms with Crippen LogP contribution in [0.3, 0.4) is 0 Å². The van der Waals surface area contributed by atoms with E-state index in [0.717, 1.165) is 48.1 Å². The van der Waals surface area contributed by atoms with Gasteiger partial charge in [-0.3, -0.25) is 4.57 Å². The van der Waals surface area contributed by atoms with Crippen molar-refractivity contribution < 1.29 is 19.1 Å². The Morgan fingerprint density at radius 2 is 1.78 bits per heavy atom. The number of thiophene rings is 1. The van der Waals surface area contributed by atoms with Crippen molar-refractivity contribution in [1.82, 2.24) is 5.32 Å². The Kier molecular flexibility index (Phi) is 9.97. The molecule has 3 rings (SSSR count). The highest BCUT2D eigenvalue weighted by atomic mass is 32.1. The van der Waals surface area contributed by atoms with E-state index in [1.165, 1.54) is 5.56 Å². The zero-order valence-corrected chi connectivity index (χ0v) is 20.0. The summed E-state index contributed by atoms with van der Waals surface area (Å²) >= 11 is 1.66. The Bertz CT molecular complexity index is 973. The first-order chi connectivity index (χ1) is 15.5. The molecule has 0 fully saturated rings. The first-order valence-corrected chi connectivity index (χ1v) is 13.8. The van der Waals surface area contributed by atoms with E-state index in [-0.39, 0.29) is 6.16 Å². The minimum Gasteiger partial charge on any atom is -0.493 e. The fraction of sp³-hybridized carbons (Fsp3) is 0.360. The minimum absolute atomic E-state index is 0.0850. The van der Waals surface area contributed by atoms with E-state index < -0.39 is 7.60 Å². The lowest BCUT2D eigenvalue weighted by Crippen LogP contribution is -2.16. The predicted molar refractivity (Wildman–Crippen MR) is 132 cm³/mol. The van der Waals surface area contributed by atoms with E-state index in [2.05, 4.69) is 64.6 Å². The van der Waals surface area contributed by atoms with Gasteiger partial charge in [-0.2, -0.15) is 11.3 Å². The zero-order valence-electron chi connectivity index (χ0n) is 18.3. The third kappa shape index (κ3) is 8.89. The molecule has 0 saturated carbocycles. The van der Waals surface area contributed by atoms with Crippen molar-refractivity contribution in [3.8, 4) is 16.9 Å². The van der Waals surface area contributed by atoms with Gasteiger partial charge in [-0.1, -0.05) is 36.4 Å². The van der Waals surface area contributed by atoms with Gasteiger partial charge in [0.25, 0.3) is 0 Å². The Morgan fingerprint density at radius 3 is 2.53 bits per heavy atom. The van der Waals surface area contributed by atoms with E-state index in [1.807, 2.05) is 6.07 Å². The lowest BCUT2D eigenvalue weighted by atomic mass is 10.0. The number of aryl methyl sites for hydroxylation is 1.